The van der Waals surface area contributed by atoms with Gasteiger partial charge in [-0.25, -0.2) is 4.98 Å². The van der Waals surface area contributed by atoms with E-state index in [1.165, 1.54) is 5.56 Å². The molecule has 2 aromatic heterocycles. The predicted molar refractivity (Wildman–Crippen MR) is 135 cm³/mol. The van der Waals surface area contributed by atoms with Crippen LogP contribution in [0.1, 0.15) is 11.1 Å². The lowest BCUT2D eigenvalue weighted by atomic mass is 10.1. The van der Waals surface area contributed by atoms with Crippen molar-refractivity contribution in [1.29, 1.82) is 0 Å². The topological polar surface area (TPSA) is 54.3 Å². The van der Waals surface area contributed by atoms with Crippen LogP contribution in [-0.4, -0.2) is 51.8 Å². The highest BCUT2D eigenvalue weighted by Crippen LogP contribution is 2.24. The molecule has 0 unspecified atom stereocenters. The Labute approximate surface area is 199 Å². The maximum absolute atomic E-state index is 12.9. The van der Waals surface area contributed by atoms with Crippen molar-refractivity contribution >= 4 is 17.8 Å². The Morgan fingerprint density at radius 1 is 0.853 bits per heavy atom. The zero-order chi connectivity index (χ0) is 23.2. The average Bonchev–Trinajstić information content (AvgIpc) is 3.31. The van der Waals surface area contributed by atoms with Crippen LogP contribution in [0.2, 0.25) is 0 Å². The predicted octanol–water partition coefficient (Wildman–Crippen LogP) is 4.36. The molecule has 2 aromatic carbocycles. The van der Waals surface area contributed by atoms with Crippen molar-refractivity contribution in [1.82, 2.24) is 19.7 Å². The lowest BCUT2D eigenvalue weighted by molar-refractivity contribution is -0.126. The van der Waals surface area contributed by atoms with Gasteiger partial charge in [-0.3, -0.25) is 9.48 Å². The molecule has 1 aliphatic rings. The molecule has 1 saturated heterocycles. The standard InChI is InChI=1S/C28H27N5O/c34-27(32-19-17-31(18-20-32)26-13-7-8-16-29-26)15-14-25-22-33(21-23-9-3-1-4-10-23)30-28(25)24-11-5-2-6-12-24/h1-16,22H,17-21H2/b15-14+. The number of aromatic nitrogens is 3. The van der Waals surface area contributed by atoms with Gasteiger partial charge in [-0.05, 0) is 23.8 Å². The van der Waals surface area contributed by atoms with Gasteiger partial charge in [-0.1, -0.05) is 66.7 Å². The molecule has 1 amide bonds. The molecule has 6 nitrogen and oxygen atoms in total. The van der Waals surface area contributed by atoms with Gasteiger partial charge in [0.05, 0.1) is 12.2 Å². The number of benzene rings is 2. The molecule has 3 heterocycles. The monoisotopic (exact) mass is 449 g/mol. The first-order chi connectivity index (χ1) is 16.8. The van der Waals surface area contributed by atoms with E-state index in [1.807, 2.05) is 88.6 Å². The van der Waals surface area contributed by atoms with E-state index in [0.29, 0.717) is 19.6 Å². The van der Waals surface area contributed by atoms with Crippen LogP contribution >= 0.6 is 0 Å². The number of hydrogen-bond acceptors (Lipinski definition) is 4. The summed E-state index contributed by atoms with van der Waals surface area (Å²) in [6.45, 7) is 3.59. The van der Waals surface area contributed by atoms with Crippen molar-refractivity contribution in [3.8, 4) is 11.3 Å². The molecule has 0 radical (unpaired) electrons. The van der Waals surface area contributed by atoms with Crippen LogP contribution in [0.3, 0.4) is 0 Å². The Morgan fingerprint density at radius 3 is 2.26 bits per heavy atom. The molecule has 170 valence electrons. The minimum atomic E-state index is 0.0236. The number of piperazine rings is 1. The highest BCUT2D eigenvalue weighted by atomic mass is 16.2. The van der Waals surface area contributed by atoms with E-state index in [0.717, 1.165) is 35.7 Å². The molecule has 1 aliphatic heterocycles. The van der Waals surface area contributed by atoms with Crippen molar-refractivity contribution < 1.29 is 4.79 Å². The first-order valence-corrected chi connectivity index (χ1v) is 11.6. The number of carbonyl (C=O) groups excluding carboxylic acids is 1. The van der Waals surface area contributed by atoms with Crippen LogP contribution in [0, 0.1) is 0 Å². The van der Waals surface area contributed by atoms with Gasteiger partial charge in [-0.15, -0.1) is 0 Å². The fourth-order valence-corrected chi connectivity index (χ4v) is 4.19. The van der Waals surface area contributed by atoms with Crippen molar-refractivity contribution in [3.63, 3.8) is 0 Å². The summed E-state index contributed by atoms with van der Waals surface area (Å²) in [5.74, 6) is 0.985. The van der Waals surface area contributed by atoms with Crippen LogP contribution in [0.5, 0.6) is 0 Å². The summed E-state index contributed by atoms with van der Waals surface area (Å²) in [7, 11) is 0. The number of rotatable bonds is 6. The highest BCUT2D eigenvalue weighted by molar-refractivity contribution is 5.93. The third-order valence-electron chi connectivity index (χ3n) is 5.99. The van der Waals surface area contributed by atoms with Crippen LogP contribution in [0.4, 0.5) is 5.82 Å². The van der Waals surface area contributed by atoms with Crippen LogP contribution in [0.25, 0.3) is 17.3 Å². The van der Waals surface area contributed by atoms with E-state index in [4.69, 9.17) is 5.10 Å². The zero-order valence-corrected chi connectivity index (χ0v) is 19.0. The molecule has 0 aliphatic carbocycles. The van der Waals surface area contributed by atoms with Crippen LogP contribution in [-0.2, 0) is 11.3 Å². The molecule has 6 heteroatoms. The number of carbonyl (C=O) groups is 1. The summed E-state index contributed by atoms with van der Waals surface area (Å²) in [6.07, 6.45) is 7.38. The Kier molecular flexibility index (Phi) is 6.47. The Bertz CT molecular complexity index is 1240. The van der Waals surface area contributed by atoms with Gasteiger partial charge in [0.25, 0.3) is 0 Å². The van der Waals surface area contributed by atoms with Crippen LogP contribution in [0.15, 0.2) is 97.3 Å². The SMILES string of the molecule is O=C(/C=C/c1cn(Cc2ccccc2)nc1-c1ccccc1)N1CCN(c2ccccn2)CC1. The molecule has 4 aromatic rings. The van der Waals surface area contributed by atoms with Gasteiger partial charge in [0, 0.05) is 55.8 Å². The number of anilines is 1. The minimum Gasteiger partial charge on any atom is -0.353 e. The van der Waals surface area contributed by atoms with Gasteiger partial charge >= 0.3 is 0 Å². The summed E-state index contributed by atoms with van der Waals surface area (Å²) in [4.78, 5) is 21.5. The lowest BCUT2D eigenvalue weighted by Gasteiger charge is -2.34. The fourth-order valence-electron chi connectivity index (χ4n) is 4.19. The summed E-state index contributed by atoms with van der Waals surface area (Å²) in [6, 6.07) is 26.3. The normalized spacial score (nSPS) is 14.0. The molecule has 1 fully saturated rings. The maximum Gasteiger partial charge on any atom is 0.246 e. The third-order valence-corrected chi connectivity index (χ3v) is 5.99. The minimum absolute atomic E-state index is 0.0236. The van der Waals surface area contributed by atoms with E-state index in [-0.39, 0.29) is 5.91 Å². The second-order valence-electron chi connectivity index (χ2n) is 8.32. The quantitative estimate of drug-likeness (QED) is 0.411. The number of pyridine rings is 1. The van der Waals surface area contributed by atoms with Crippen LogP contribution < -0.4 is 4.90 Å². The van der Waals surface area contributed by atoms with Gasteiger partial charge in [0.1, 0.15) is 5.82 Å². The molecule has 34 heavy (non-hydrogen) atoms. The molecule has 0 N–H and O–H groups in total. The van der Waals surface area contributed by atoms with Crippen molar-refractivity contribution in [2.24, 2.45) is 0 Å². The smallest absolute Gasteiger partial charge is 0.246 e. The maximum atomic E-state index is 12.9. The zero-order valence-electron chi connectivity index (χ0n) is 19.0. The van der Waals surface area contributed by atoms with Crippen molar-refractivity contribution in [3.05, 3.63) is 108 Å². The highest BCUT2D eigenvalue weighted by Gasteiger charge is 2.20. The van der Waals surface area contributed by atoms with Gasteiger partial charge < -0.3 is 9.80 Å². The van der Waals surface area contributed by atoms with Gasteiger partial charge in [0.2, 0.25) is 5.91 Å². The molecular formula is C28H27N5O. The summed E-state index contributed by atoms with van der Waals surface area (Å²) in [5.41, 5.74) is 4.02. The summed E-state index contributed by atoms with van der Waals surface area (Å²) in [5, 5.41) is 4.84. The van der Waals surface area contributed by atoms with E-state index >= 15 is 0 Å². The molecule has 0 bridgehead atoms. The fraction of sp³-hybridized carbons (Fsp3) is 0.179. The molecule has 0 spiro atoms. The Morgan fingerprint density at radius 2 is 1.56 bits per heavy atom. The Hall–Kier alpha value is -4.19. The molecule has 5 rings (SSSR count). The van der Waals surface area contributed by atoms with E-state index in [2.05, 4.69) is 22.0 Å². The Balaban J connectivity index is 1.30. The number of amides is 1. The first kappa shape index (κ1) is 21.6. The number of nitrogens with zero attached hydrogens (tertiary/aromatic N) is 5. The van der Waals surface area contributed by atoms with E-state index in [9.17, 15) is 4.79 Å². The lowest BCUT2D eigenvalue weighted by Crippen LogP contribution is -2.48. The largest absolute Gasteiger partial charge is 0.353 e. The van der Waals surface area contributed by atoms with Crippen molar-refractivity contribution in [2.75, 3.05) is 31.1 Å². The third kappa shape index (κ3) is 5.07. The molecule has 0 saturated carbocycles. The number of hydrogen-bond donors (Lipinski definition) is 0. The first-order valence-electron chi connectivity index (χ1n) is 11.6. The van der Waals surface area contributed by atoms with Gasteiger partial charge in [0.15, 0.2) is 0 Å². The molecule has 0 atom stereocenters. The van der Waals surface area contributed by atoms with E-state index < -0.39 is 0 Å². The summed E-state index contributed by atoms with van der Waals surface area (Å²) >= 11 is 0. The summed E-state index contributed by atoms with van der Waals surface area (Å²) < 4.78 is 1.94. The van der Waals surface area contributed by atoms with Crippen molar-refractivity contribution in [2.45, 2.75) is 6.54 Å². The molecular weight excluding hydrogens is 422 g/mol. The average molecular weight is 450 g/mol. The van der Waals surface area contributed by atoms with E-state index in [1.54, 1.807) is 12.3 Å². The van der Waals surface area contributed by atoms with Gasteiger partial charge in [-0.2, -0.15) is 5.10 Å². The second-order valence-corrected chi connectivity index (χ2v) is 8.32. The second kappa shape index (κ2) is 10.2.